The number of amides is 2. The lowest BCUT2D eigenvalue weighted by atomic mass is 10.0. The molecule has 0 aliphatic carbocycles. The first-order chi connectivity index (χ1) is 16.6. The number of nitrogens with one attached hydrogen (secondary N) is 1. The van der Waals surface area contributed by atoms with Crippen LogP contribution in [0.4, 0.5) is 0 Å². The van der Waals surface area contributed by atoms with Crippen LogP contribution in [-0.2, 0) is 24.0 Å². The average Bonchev–Trinajstić information content (AvgIpc) is 2.77. The number of likely N-dealkylation sites (N-methyl/N-ethyl adjacent to an activating group) is 1. The fraction of sp³-hybridized carbons (Fsp3) is 0.800. The van der Waals surface area contributed by atoms with Crippen molar-refractivity contribution < 1.29 is 34.2 Å². The lowest BCUT2D eigenvalue weighted by Gasteiger charge is -2.22. The molecule has 0 saturated heterocycles. The molecule has 0 spiro atoms. The van der Waals surface area contributed by atoms with Crippen LogP contribution < -0.4 is 11.1 Å². The number of ketones is 1. The molecule has 0 aliphatic heterocycles. The predicted octanol–water partition coefficient (Wildman–Crippen LogP) is 2.87. The van der Waals surface area contributed by atoms with Gasteiger partial charge in [-0.25, -0.2) is 0 Å². The fourth-order valence-corrected chi connectivity index (χ4v) is 3.83. The minimum Gasteiger partial charge on any atom is -0.481 e. The first-order valence-corrected chi connectivity index (χ1v) is 12.8. The molecule has 0 aliphatic rings. The van der Waals surface area contributed by atoms with E-state index in [1.54, 1.807) is 14.1 Å². The van der Waals surface area contributed by atoms with Gasteiger partial charge >= 0.3 is 11.9 Å². The molecular formula is C25H45N3O7. The normalized spacial score (nSPS) is 12.8. The molecule has 0 heterocycles. The van der Waals surface area contributed by atoms with E-state index in [9.17, 15) is 24.0 Å². The summed E-state index contributed by atoms with van der Waals surface area (Å²) < 4.78 is 0. The first kappa shape index (κ1) is 32.7. The zero-order valence-electron chi connectivity index (χ0n) is 21.4. The van der Waals surface area contributed by atoms with Crippen LogP contribution in [0.5, 0.6) is 0 Å². The van der Waals surface area contributed by atoms with Crippen molar-refractivity contribution in [3.8, 4) is 0 Å². The minimum atomic E-state index is -1.22. The zero-order chi connectivity index (χ0) is 26.6. The number of hydrogen-bond donors (Lipinski definition) is 4. The third-order valence-corrected chi connectivity index (χ3v) is 5.90. The van der Waals surface area contributed by atoms with Gasteiger partial charge < -0.3 is 15.9 Å². The van der Waals surface area contributed by atoms with Gasteiger partial charge in [-0.05, 0) is 33.4 Å². The van der Waals surface area contributed by atoms with Crippen molar-refractivity contribution >= 4 is 29.5 Å². The molecule has 1 unspecified atom stereocenters. The van der Waals surface area contributed by atoms with E-state index in [0.717, 1.165) is 51.4 Å². The second-order valence-corrected chi connectivity index (χ2v) is 9.36. The second-order valence-electron chi connectivity index (χ2n) is 9.36. The quantitative estimate of drug-likeness (QED) is 0.129. The SMILES string of the molecule is CN(C)C(C(=O)CCCCCCCCCCCCCCC(=O)O)C(=O)NC(=O)CC[C@H](N)C(=O)O. The summed E-state index contributed by atoms with van der Waals surface area (Å²) in [6.07, 6.45) is 12.7. The summed E-state index contributed by atoms with van der Waals surface area (Å²) in [5.74, 6) is -3.53. The van der Waals surface area contributed by atoms with Gasteiger partial charge in [0.2, 0.25) is 5.91 Å². The van der Waals surface area contributed by atoms with Gasteiger partial charge in [0.1, 0.15) is 12.1 Å². The van der Waals surface area contributed by atoms with Crippen LogP contribution in [0.1, 0.15) is 103 Å². The molecule has 0 radical (unpaired) electrons. The van der Waals surface area contributed by atoms with Gasteiger partial charge in [0, 0.05) is 19.3 Å². The Kier molecular flexibility index (Phi) is 18.6. The molecule has 202 valence electrons. The van der Waals surface area contributed by atoms with E-state index >= 15 is 0 Å². The maximum absolute atomic E-state index is 12.6. The van der Waals surface area contributed by atoms with Gasteiger partial charge in [-0.2, -0.15) is 0 Å². The average molecular weight is 500 g/mol. The Morgan fingerprint density at radius 3 is 1.54 bits per heavy atom. The molecule has 2 atom stereocenters. The number of unbranched alkanes of at least 4 members (excludes halogenated alkanes) is 11. The number of carboxylic acid groups (broad SMARTS) is 2. The molecule has 10 nitrogen and oxygen atoms in total. The first-order valence-electron chi connectivity index (χ1n) is 12.8. The number of Topliss-reactive ketones (excluding diaryl/α,β-unsaturated/α-hetero) is 1. The van der Waals surface area contributed by atoms with Crippen molar-refractivity contribution in [1.82, 2.24) is 10.2 Å². The number of hydrogen-bond acceptors (Lipinski definition) is 7. The van der Waals surface area contributed by atoms with Crippen LogP contribution >= 0.6 is 0 Å². The molecular weight excluding hydrogens is 454 g/mol. The molecule has 0 aromatic heterocycles. The third-order valence-electron chi connectivity index (χ3n) is 5.90. The van der Waals surface area contributed by atoms with Gasteiger partial charge in [0.05, 0.1) is 0 Å². The Morgan fingerprint density at radius 1 is 0.714 bits per heavy atom. The van der Waals surface area contributed by atoms with Crippen molar-refractivity contribution in [2.24, 2.45) is 5.73 Å². The van der Waals surface area contributed by atoms with Gasteiger partial charge in [-0.3, -0.25) is 34.2 Å². The highest BCUT2D eigenvalue weighted by atomic mass is 16.4. The lowest BCUT2D eigenvalue weighted by molar-refractivity contribution is -0.139. The van der Waals surface area contributed by atoms with Crippen molar-refractivity contribution in [1.29, 1.82) is 0 Å². The number of rotatable bonds is 22. The highest BCUT2D eigenvalue weighted by Gasteiger charge is 2.29. The largest absolute Gasteiger partial charge is 0.481 e. The van der Waals surface area contributed by atoms with Crippen molar-refractivity contribution in [3.05, 3.63) is 0 Å². The van der Waals surface area contributed by atoms with Crippen molar-refractivity contribution in [3.63, 3.8) is 0 Å². The summed E-state index contributed by atoms with van der Waals surface area (Å²) in [6, 6.07) is -2.24. The minimum absolute atomic E-state index is 0.0936. The number of imide groups is 1. The molecule has 0 fully saturated rings. The second kappa shape index (κ2) is 19.9. The van der Waals surface area contributed by atoms with E-state index in [0.29, 0.717) is 6.42 Å². The van der Waals surface area contributed by atoms with Gasteiger partial charge in [-0.15, -0.1) is 0 Å². The number of carbonyl (C=O) groups excluding carboxylic acids is 3. The molecule has 35 heavy (non-hydrogen) atoms. The highest BCUT2D eigenvalue weighted by molar-refractivity contribution is 6.10. The lowest BCUT2D eigenvalue weighted by Crippen LogP contribution is -2.50. The summed E-state index contributed by atoms with van der Waals surface area (Å²) in [7, 11) is 3.20. The molecule has 0 saturated carbocycles. The molecule has 0 rings (SSSR count). The summed E-state index contributed by atoms with van der Waals surface area (Å²) in [6.45, 7) is 0. The van der Waals surface area contributed by atoms with Crippen LogP contribution in [0.2, 0.25) is 0 Å². The summed E-state index contributed by atoms with van der Waals surface area (Å²) >= 11 is 0. The van der Waals surface area contributed by atoms with Crippen LogP contribution in [0.15, 0.2) is 0 Å². The van der Waals surface area contributed by atoms with Crippen LogP contribution in [0.3, 0.4) is 0 Å². The summed E-state index contributed by atoms with van der Waals surface area (Å²) in [5.41, 5.74) is 5.36. The van der Waals surface area contributed by atoms with E-state index in [1.807, 2.05) is 0 Å². The number of nitrogens with zero attached hydrogens (tertiary/aromatic N) is 1. The van der Waals surface area contributed by atoms with E-state index in [2.05, 4.69) is 5.32 Å². The number of nitrogens with two attached hydrogens (primary N) is 1. The Labute approximate surface area is 209 Å². The molecule has 0 bridgehead atoms. The van der Waals surface area contributed by atoms with Gasteiger partial charge in [-0.1, -0.05) is 64.2 Å². The maximum Gasteiger partial charge on any atom is 0.320 e. The predicted molar refractivity (Wildman–Crippen MR) is 133 cm³/mol. The highest BCUT2D eigenvalue weighted by Crippen LogP contribution is 2.14. The molecule has 10 heteroatoms. The number of carbonyl (C=O) groups is 5. The van der Waals surface area contributed by atoms with Crippen LogP contribution in [0.25, 0.3) is 0 Å². The smallest absolute Gasteiger partial charge is 0.320 e. The number of aliphatic carboxylic acids is 2. The Bertz CT molecular complexity index is 667. The fourth-order valence-electron chi connectivity index (χ4n) is 3.83. The zero-order valence-corrected chi connectivity index (χ0v) is 21.4. The summed E-state index contributed by atoms with van der Waals surface area (Å²) in [4.78, 5) is 59.5. The third kappa shape index (κ3) is 17.7. The number of carboxylic acids is 2. The summed E-state index contributed by atoms with van der Waals surface area (Å²) in [5, 5.41) is 19.5. The topological polar surface area (TPSA) is 167 Å². The van der Waals surface area contributed by atoms with E-state index in [-0.39, 0.29) is 31.5 Å². The van der Waals surface area contributed by atoms with Crippen molar-refractivity contribution in [2.75, 3.05) is 14.1 Å². The van der Waals surface area contributed by atoms with E-state index < -0.39 is 35.8 Å². The standard InChI is InChI=1S/C25H45N3O7/c1-28(2)23(24(33)27-21(30)18-17-19(26)25(34)35)20(29)15-13-11-9-7-5-3-4-6-8-10-12-14-16-22(31)32/h19,23H,3-18,26H2,1-2H3,(H,31,32)(H,34,35)(H,27,30,33)/t19-,23?/m0/s1. The maximum atomic E-state index is 12.6. The van der Waals surface area contributed by atoms with E-state index in [1.165, 1.54) is 24.2 Å². The Morgan fingerprint density at radius 2 is 1.14 bits per heavy atom. The van der Waals surface area contributed by atoms with Crippen LogP contribution in [0, 0.1) is 0 Å². The molecule has 0 aromatic carbocycles. The van der Waals surface area contributed by atoms with Crippen LogP contribution in [-0.4, -0.2) is 70.8 Å². The monoisotopic (exact) mass is 499 g/mol. The molecule has 0 aromatic rings. The molecule has 2 amide bonds. The Balaban J connectivity index is 3.94. The Hall–Kier alpha value is -2.33. The van der Waals surface area contributed by atoms with Crippen molar-refractivity contribution in [2.45, 2.75) is 115 Å². The van der Waals surface area contributed by atoms with Gasteiger partial charge in [0.25, 0.3) is 5.91 Å². The van der Waals surface area contributed by atoms with E-state index in [4.69, 9.17) is 15.9 Å². The van der Waals surface area contributed by atoms with Gasteiger partial charge in [0.15, 0.2) is 5.78 Å². The molecule has 5 N–H and O–H groups in total.